The summed E-state index contributed by atoms with van der Waals surface area (Å²) >= 11 is 0. The van der Waals surface area contributed by atoms with E-state index in [4.69, 9.17) is 9.47 Å². The van der Waals surface area contributed by atoms with Crippen LogP contribution in [0.5, 0.6) is 5.88 Å². The predicted molar refractivity (Wildman–Crippen MR) is 95.5 cm³/mol. The smallest absolute Gasteiger partial charge is 0.212 e. The predicted octanol–water partition coefficient (Wildman–Crippen LogP) is 0.866. The zero-order chi connectivity index (χ0) is 17.4. The summed E-state index contributed by atoms with van der Waals surface area (Å²) < 4.78 is 10.5. The number of nitrogens with one attached hydrogen (secondary N) is 2. The molecule has 0 atom stereocenters. The zero-order valence-corrected chi connectivity index (χ0v) is 15.1. The lowest BCUT2D eigenvalue weighted by Crippen LogP contribution is -2.56. The average Bonchev–Trinajstić information content (AvgIpc) is 2.63. The fraction of sp³-hybridized carbons (Fsp3) is 0.647. The molecule has 1 aromatic heterocycles. The summed E-state index contributed by atoms with van der Waals surface area (Å²) in [6.45, 7) is 9.51. The molecule has 1 fully saturated rings. The monoisotopic (exact) mass is 335 g/mol. The molecule has 2 heterocycles. The highest BCUT2D eigenvalue weighted by Gasteiger charge is 2.28. The molecule has 1 aliphatic heterocycles. The Labute approximate surface area is 144 Å². The molecule has 1 aromatic rings. The van der Waals surface area contributed by atoms with Gasteiger partial charge in [0.15, 0.2) is 5.96 Å². The number of aliphatic imine (C=N–C) groups is 1. The summed E-state index contributed by atoms with van der Waals surface area (Å²) in [5.74, 6) is 1.40. The summed E-state index contributed by atoms with van der Waals surface area (Å²) in [4.78, 5) is 10.9. The number of methoxy groups -OCH3 is 1. The van der Waals surface area contributed by atoms with Crippen molar-refractivity contribution in [3.8, 4) is 5.88 Å². The molecule has 0 saturated carbocycles. The molecule has 0 aromatic carbocycles. The van der Waals surface area contributed by atoms with Gasteiger partial charge in [-0.1, -0.05) is 6.07 Å². The Morgan fingerprint density at radius 1 is 1.33 bits per heavy atom. The second-order valence-corrected chi connectivity index (χ2v) is 6.40. The first-order valence-corrected chi connectivity index (χ1v) is 8.31. The van der Waals surface area contributed by atoms with Gasteiger partial charge in [-0.3, -0.25) is 9.89 Å². The van der Waals surface area contributed by atoms with Gasteiger partial charge in [-0.2, -0.15) is 0 Å². The van der Waals surface area contributed by atoms with Crippen LogP contribution in [-0.4, -0.2) is 68.4 Å². The van der Waals surface area contributed by atoms with Gasteiger partial charge in [-0.15, -0.1) is 0 Å². The zero-order valence-electron chi connectivity index (χ0n) is 15.1. The van der Waals surface area contributed by atoms with Gasteiger partial charge in [-0.05, 0) is 19.4 Å². The van der Waals surface area contributed by atoms with Crippen molar-refractivity contribution in [2.75, 3.05) is 47.0 Å². The second-order valence-electron chi connectivity index (χ2n) is 6.40. The third-order valence-corrected chi connectivity index (χ3v) is 4.25. The lowest BCUT2D eigenvalue weighted by atomic mass is 10.0. The molecule has 0 unspecified atom stereocenters. The van der Waals surface area contributed by atoms with Crippen LogP contribution in [-0.2, 0) is 11.3 Å². The molecule has 1 saturated heterocycles. The van der Waals surface area contributed by atoms with Crippen molar-refractivity contribution >= 4 is 5.96 Å². The van der Waals surface area contributed by atoms with E-state index in [1.807, 2.05) is 12.1 Å². The van der Waals surface area contributed by atoms with Gasteiger partial charge in [0, 0.05) is 51.0 Å². The van der Waals surface area contributed by atoms with E-state index in [-0.39, 0.29) is 5.54 Å². The van der Waals surface area contributed by atoms with Gasteiger partial charge < -0.3 is 20.1 Å². The van der Waals surface area contributed by atoms with Crippen LogP contribution in [0.3, 0.4) is 0 Å². The molecule has 24 heavy (non-hydrogen) atoms. The summed E-state index contributed by atoms with van der Waals surface area (Å²) in [5.41, 5.74) is 1.12. The van der Waals surface area contributed by atoms with Crippen LogP contribution in [0.4, 0.5) is 0 Å². The van der Waals surface area contributed by atoms with Gasteiger partial charge in [0.05, 0.1) is 20.3 Å². The van der Waals surface area contributed by atoms with E-state index in [0.717, 1.165) is 44.4 Å². The molecule has 0 bridgehead atoms. The number of ether oxygens (including phenoxy) is 2. The Kier molecular flexibility index (Phi) is 6.81. The van der Waals surface area contributed by atoms with Gasteiger partial charge in [0.1, 0.15) is 0 Å². The molecule has 7 heteroatoms. The minimum Gasteiger partial charge on any atom is -0.481 e. The van der Waals surface area contributed by atoms with E-state index in [2.05, 4.69) is 39.4 Å². The summed E-state index contributed by atoms with van der Waals surface area (Å²) in [6.07, 6.45) is 1.80. The van der Waals surface area contributed by atoms with Crippen LogP contribution >= 0.6 is 0 Å². The minimum absolute atomic E-state index is 0.0447. The largest absolute Gasteiger partial charge is 0.481 e. The van der Waals surface area contributed by atoms with Crippen LogP contribution in [0, 0.1) is 0 Å². The van der Waals surface area contributed by atoms with Crippen LogP contribution in [0.15, 0.2) is 23.3 Å². The normalized spacial score (nSPS) is 16.8. The molecular formula is C17H29N5O2. The topological polar surface area (TPSA) is 71.0 Å². The van der Waals surface area contributed by atoms with E-state index in [9.17, 15) is 0 Å². The SMILES string of the molecule is CN=C(NCc1ccc(OC)nc1)NCC(C)(C)N1CCOCC1. The minimum atomic E-state index is 0.0447. The highest BCUT2D eigenvalue weighted by Crippen LogP contribution is 2.15. The maximum absolute atomic E-state index is 5.43. The lowest BCUT2D eigenvalue weighted by molar-refractivity contribution is -0.00834. The number of guanidine groups is 1. The van der Waals surface area contributed by atoms with Crippen LogP contribution in [0.25, 0.3) is 0 Å². The molecule has 0 spiro atoms. The average molecular weight is 335 g/mol. The Hall–Kier alpha value is -1.86. The maximum atomic E-state index is 5.43. The van der Waals surface area contributed by atoms with E-state index in [0.29, 0.717) is 12.4 Å². The Morgan fingerprint density at radius 2 is 2.08 bits per heavy atom. The lowest BCUT2D eigenvalue weighted by Gasteiger charge is -2.41. The second kappa shape index (κ2) is 8.84. The molecule has 0 amide bonds. The molecule has 7 nitrogen and oxygen atoms in total. The van der Waals surface area contributed by atoms with Gasteiger partial charge >= 0.3 is 0 Å². The first kappa shape index (κ1) is 18.5. The molecule has 0 aliphatic carbocycles. The van der Waals surface area contributed by atoms with E-state index in [1.54, 1.807) is 20.4 Å². The molecular weight excluding hydrogens is 306 g/mol. The van der Waals surface area contributed by atoms with Crippen molar-refractivity contribution in [2.45, 2.75) is 25.9 Å². The standard InChI is InChI=1S/C17H29N5O2/c1-17(2,22-7-9-24-10-8-22)13-21-16(18-3)20-12-14-5-6-15(23-4)19-11-14/h5-6,11H,7-10,12-13H2,1-4H3,(H2,18,20,21). The first-order valence-electron chi connectivity index (χ1n) is 8.31. The van der Waals surface area contributed by atoms with Gasteiger partial charge in [-0.25, -0.2) is 4.98 Å². The fourth-order valence-electron chi connectivity index (χ4n) is 2.62. The highest BCUT2D eigenvalue weighted by atomic mass is 16.5. The van der Waals surface area contributed by atoms with E-state index < -0.39 is 0 Å². The van der Waals surface area contributed by atoms with Crippen molar-refractivity contribution in [3.63, 3.8) is 0 Å². The Balaban J connectivity index is 1.80. The van der Waals surface area contributed by atoms with Crippen LogP contribution in [0.2, 0.25) is 0 Å². The number of pyridine rings is 1. The van der Waals surface area contributed by atoms with Gasteiger partial charge in [0.25, 0.3) is 0 Å². The Bertz CT molecular complexity index is 524. The van der Waals surface area contributed by atoms with E-state index >= 15 is 0 Å². The summed E-state index contributed by atoms with van der Waals surface area (Å²) in [6, 6.07) is 3.85. The summed E-state index contributed by atoms with van der Waals surface area (Å²) in [5, 5.41) is 6.72. The van der Waals surface area contributed by atoms with Crippen molar-refractivity contribution in [1.82, 2.24) is 20.5 Å². The molecule has 2 N–H and O–H groups in total. The Morgan fingerprint density at radius 3 is 2.67 bits per heavy atom. The number of rotatable bonds is 6. The number of hydrogen-bond donors (Lipinski definition) is 2. The van der Waals surface area contributed by atoms with Crippen molar-refractivity contribution in [3.05, 3.63) is 23.9 Å². The number of morpholine rings is 1. The molecule has 1 aliphatic rings. The fourth-order valence-corrected chi connectivity index (χ4v) is 2.62. The van der Waals surface area contributed by atoms with E-state index in [1.165, 1.54) is 0 Å². The number of hydrogen-bond acceptors (Lipinski definition) is 5. The molecule has 2 rings (SSSR count). The molecule has 0 radical (unpaired) electrons. The highest BCUT2D eigenvalue weighted by molar-refractivity contribution is 5.79. The third-order valence-electron chi connectivity index (χ3n) is 4.25. The van der Waals surface area contributed by atoms with Gasteiger partial charge in [0.2, 0.25) is 5.88 Å². The number of aromatic nitrogens is 1. The van der Waals surface area contributed by atoms with Crippen LogP contribution in [0.1, 0.15) is 19.4 Å². The molecule has 134 valence electrons. The van der Waals surface area contributed by atoms with Crippen molar-refractivity contribution in [1.29, 1.82) is 0 Å². The number of nitrogens with zero attached hydrogens (tertiary/aromatic N) is 3. The quantitative estimate of drug-likeness (QED) is 0.594. The maximum Gasteiger partial charge on any atom is 0.212 e. The van der Waals surface area contributed by atoms with Crippen LogP contribution < -0.4 is 15.4 Å². The van der Waals surface area contributed by atoms with Crippen molar-refractivity contribution in [2.24, 2.45) is 4.99 Å². The third kappa shape index (κ3) is 5.35. The van der Waals surface area contributed by atoms with Crippen molar-refractivity contribution < 1.29 is 9.47 Å². The summed E-state index contributed by atoms with van der Waals surface area (Å²) in [7, 11) is 3.39. The first-order chi connectivity index (χ1) is 11.5.